The molecule has 1 aromatic heterocycles. The minimum absolute atomic E-state index is 0.247. The van der Waals surface area contributed by atoms with Gasteiger partial charge in [-0.3, -0.25) is 0 Å². The van der Waals surface area contributed by atoms with E-state index in [0.29, 0.717) is 43.6 Å². The molecule has 1 saturated heterocycles. The van der Waals surface area contributed by atoms with Crippen LogP contribution in [-0.4, -0.2) is 68.5 Å². The molecule has 9 heteroatoms. The fourth-order valence-corrected chi connectivity index (χ4v) is 3.93. The fraction of sp³-hybridized carbons (Fsp3) is 0.471. The minimum Gasteiger partial charge on any atom is -0.493 e. The topological polar surface area (TPSA) is 82.9 Å². The Morgan fingerprint density at radius 1 is 1.31 bits per heavy atom. The first-order valence-electron chi connectivity index (χ1n) is 8.23. The maximum atomic E-state index is 11.8. The first-order chi connectivity index (χ1) is 12.4. The Bertz CT molecular complexity index is 865. The number of ether oxygens (including phenoxy) is 3. The molecule has 0 saturated carbocycles. The van der Waals surface area contributed by atoms with E-state index in [-0.39, 0.29) is 6.10 Å². The second-order valence-corrected chi connectivity index (χ2v) is 8.04. The average Bonchev–Trinajstić information content (AvgIpc) is 3.08. The minimum atomic E-state index is -3.23. The standard InChI is InChI=1S/C17H23N3O5S/c1-23-15-6-4-5-14(16(15)24-2)17-18-7-8-19(17)11-13-12-20(9-10-25-13)26(3,21)22/h4-8,13H,9-12H2,1-3H3/t13-/m0/s1. The van der Waals surface area contributed by atoms with E-state index >= 15 is 0 Å². The summed E-state index contributed by atoms with van der Waals surface area (Å²) in [5.74, 6) is 1.93. The highest BCUT2D eigenvalue weighted by Gasteiger charge is 2.27. The van der Waals surface area contributed by atoms with Crippen LogP contribution in [-0.2, 0) is 21.3 Å². The molecule has 0 radical (unpaired) electrons. The molecular formula is C17H23N3O5S. The smallest absolute Gasteiger partial charge is 0.211 e. The second kappa shape index (κ2) is 7.65. The van der Waals surface area contributed by atoms with Crippen LogP contribution in [0.3, 0.4) is 0 Å². The molecular weight excluding hydrogens is 358 g/mol. The van der Waals surface area contributed by atoms with E-state index in [2.05, 4.69) is 4.98 Å². The molecule has 2 aromatic rings. The number of rotatable bonds is 6. The average molecular weight is 381 g/mol. The number of morpholine rings is 1. The quantitative estimate of drug-likeness (QED) is 0.748. The van der Waals surface area contributed by atoms with Crippen molar-refractivity contribution < 1.29 is 22.6 Å². The van der Waals surface area contributed by atoms with Crippen molar-refractivity contribution in [2.24, 2.45) is 0 Å². The van der Waals surface area contributed by atoms with Crippen molar-refractivity contribution >= 4 is 10.0 Å². The van der Waals surface area contributed by atoms with Gasteiger partial charge < -0.3 is 18.8 Å². The number of benzene rings is 1. The lowest BCUT2D eigenvalue weighted by Crippen LogP contribution is -2.46. The summed E-state index contributed by atoms with van der Waals surface area (Å²) in [6.07, 6.45) is 4.52. The first-order valence-corrected chi connectivity index (χ1v) is 10.1. The molecule has 0 bridgehead atoms. The largest absolute Gasteiger partial charge is 0.493 e. The predicted octanol–water partition coefficient (Wildman–Crippen LogP) is 1.23. The molecule has 1 atom stereocenters. The van der Waals surface area contributed by atoms with Crippen molar-refractivity contribution in [3.63, 3.8) is 0 Å². The van der Waals surface area contributed by atoms with Crippen LogP contribution in [0.1, 0.15) is 0 Å². The zero-order chi connectivity index (χ0) is 18.7. The van der Waals surface area contributed by atoms with Gasteiger partial charge in [-0.2, -0.15) is 4.31 Å². The van der Waals surface area contributed by atoms with Crippen molar-refractivity contribution in [1.29, 1.82) is 0 Å². The zero-order valence-electron chi connectivity index (χ0n) is 15.1. The number of methoxy groups -OCH3 is 2. The van der Waals surface area contributed by atoms with Crippen LogP contribution in [0.4, 0.5) is 0 Å². The number of para-hydroxylation sites is 1. The molecule has 8 nitrogen and oxygen atoms in total. The number of hydrogen-bond donors (Lipinski definition) is 0. The summed E-state index contributed by atoms with van der Waals surface area (Å²) >= 11 is 0. The molecule has 0 unspecified atom stereocenters. The summed E-state index contributed by atoms with van der Waals surface area (Å²) in [6.45, 7) is 1.58. The summed E-state index contributed by atoms with van der Waals surface area (Å²) in [7, 11) is -0.0545. The van der Waals surface area contributed by atoms with Crippen molar-refractivity contribution in [2.75, 3.05) is 40.2 Å². The third-order valence-corrected chi connectivity index (χ3v) is 5.60. The molecule has 26 heavy (non-hydrogen) atoms. The molecule has 1 aliphatic rings. The van der Waals surface area contributed by atoms with Crippen LogP contribution < -0.4 is 9.47 Å². The summed E-state index contributed by atoms with van der Waals surface area (Å²) in [6, 6.07) is 5.60. The molecule has 0 amide bonds. The highest BCUT2D eigenvalue weighted by Crippen LogP contribution is 2.37. The molecule has 1 fully saturated rings. The Morgan fingerprint density at radius 3 is 2.81 bits per heavy atom. The Hall–Kier alpha value is -2.10. The van der Waals surface area contributed by atoms with Gasteiger partial charge in [0.05, 0.1) is 45.3 Å². The number of imidazole rings is 1. The Labute approximate surface area is 153 Å². The van der Waals surface area contributed by atoms with Crippen molar-refractivity contribution in [3.8, 4) is 22.9 Å². The Balaban J connectivity index is 1.86. The Kier molecular flexibility index (Phi) is 5.49. The van der Waals surface area contributed by atoms with Gasteiger partial charge in [0.25, 0.3) is 0 Å². The second-order valence-electron chi connectivity index (χ2n) is 6.06. The number of aromatic nitrogens is 2. The van der Waals surface area contributed by atoms with Crippen molar-refractivity contribution in [1.82, 2.24) is 13.9 Å². The summed E-state index contributed by atoms with van der Waals surface area (Å²) in [5.41, 5.74) is 0.799. The highest BCUT2D eigenvalue weighted by atomic mass is 32.2. The first kappa shape index (κ1) is 18.7. The summed E-state index contributed by atoms with van der Waals surface area (Å²) < 4.78 is 43.6. The molecule has 3 rings (SSSR count). The zero-order valence-corrected chi connectivity index (χ0v) is 15.9. The van der Waals surface area contributed by atoms with Crippen molar-refractivity contribution in [2.45, 2.75) is 12.6 Å². The van der Waals surface area contributed by atoms with Gasteiger partial charge in [0.15, 0.2) is 11.5 Å². The van der Waals surface area contributed by atoms with Gasteiger partial charge >= 0.3 is 0 Å². The lowest BCUT2D eigenvalue weighted by molar-refractivity contribution is -0.00979. The SMILES string of the molecule is COc1cccc(-c2nccn2C[C@H]2CN(S(C)(=O)=O)CCO2)c1OC. The lowest BCUT2D eigenvalue weighted by atomic mass is 10.1. The highest BCUT2D eigenvalue weighted by molar-refractivity contribution is 7.88. The van der Waals surface area contributed by atoms with E-state index < -0.39 is 10.0 Å². The third-order valence-electron chi connectivity index (χ3n) is 4.33. The number of hydrogen-bond acceptors (Lipinski definition) is 6. The van der Waals surface area contributed by atoms with E-state index in [0.717, 1.165) is 5.56 Å². The third kappa shape index (κ3) is 3.84. The summed E-state index contributed by atoms with van der Waals surface area (Å²) in [4.78, 5) is 4.44. The van der Waals surface area contributed by atoms with Crippen LogP contribution in [0.5, 0.6) is 11.5 Å². The number of nitrogens with zero attached hydrogens (tertiary/aromatic N) is 3. The van der Waals surface area contributed by atoms with Crippen molar-refractivity contribution in [3.05, 3.63) is 30.6 Å². The maximum absolute atomic E-state index is 11.8. The normalized spacial score (nSPS) is 18.7. The number of sulfonamides is 1. The molecule has 0 aliphatic carbocycles. The predicted molar refractivity (Wildman–Crippen MR) is 96.9 cm³/mol. The molecule has 1 aromatic carbocycles. The van der Waals surface area contributed by atoms with Crippen LogP contribution in [0, 0.1) is 0 Å². The van der Waals surface area contributed by atoms with E-state index in [1.165, 1.54) is 10.6 Å². The van der Waals surface area contributed by atoms with Crippen LogP contribution >= 0.6 is 0 Å². The van der Waals surface area contributed by atoms with Gasteiger partial charge in [0, 0.05) is 25.5 Å². The van der Waals surface area contributed by atoms with Gasteiger partial charge in [-0.1, -0.05) is 6.07 Å². The van der Waals surface area contributed by atoms with Gasteiger partial charge in [-0.05, 0) is 12.1 Å². The van der Waals surface area contributed by atoms with E-state index in [1.807, 2.05) is 29.0 Å². The molecule has 0 spiro atoms. The molecule has 0 N–H and O–H groups in total. The molecule has 1 aliphatic heterocycles. The summed E-state index contributed by atoms with van der Waals surface area (Å²) in [5, 5.41) is 0. The van der Waals surface area contributed by atoms with E-state index in [4.69, 9.17) is 14.2 Å². The maximum Gasteiger partial charge on any atom is 0.211 e. The van der Waals surface area contributed by atoms with Gasteiger partial charge in [-0.15, -0.1) is 0 Å². The molecule has 2 heterocycles. The van der Waals surface area contributed by atoms with Crippen LogP contribution in [0.25, 0.3) is 11.4 Å². The molecule has 142 valence electrons. The fourth-order valence-electron chi connectivity index (χ4n) is 3.09. The van der Waals surface area contributed by atoms with Gasteiger partial charge in [0.1, 0.15) is 5.82 Å². The van der Waals surface area contributed by atoms with E-state index in [1.54, 1.807) is 20.4 Å². The van der Waals surface area contributed by atoms with Gasteiger partial charge in [0.2, 0.25) is 10.0 Å². The Morgan fingerprint density at radius 2 is 2.12 bits per heavy atom. The monoisotopic (exact) mass is 381 g/mol. The van der Waals surface area contributed by atoms with Crippen LogP contribution in [0.2, 0.25) is 0 Å². The lowest BCUT2D eigenvalue weighted by Gasteiger charge is -2.31. The van der Waals surface area contributed by atoms with E-state index in [9.17, 15) is 8.42 Å². The van der Waals surface area contributed by atoms with Crippen LogP contribution in [0.15, 0.2) is 30.6 Å². The van der Waals surface area contributed by atoms with Gasteiger partial charge in [-0.25, -0.2) is 13.4 Å².